The van der Waals surface area contributed by atoms with Gasteiger partial charge < -0.3 is 9.25 Å². The van der Waals surface area contributed by atoms with Crippen molar-refractivity contribution in [3.63, 3.8) is 0 Å². The fourth-order valence-electron chi connectivity index (χ4n) is 2.95. The molecule has 10 nitrogen and oxygen atoms in total. The summed E-state index contributed by atoms with van der Waals surface area (Å²) >= 11 is 0. The molecule has 0 radical (unpaired) electrons. The van der Waals surface area contributed by atoms with E-state index in [0.29, 0.717) is 4.90 Å². The third-order valence-electron chi connectivity index (χ3n) is 4.11. The van der Waals surface area contributed by atoms with Gasteiger partial charge in [0.05, 0.1) is 11.2 Å². The maximum atomic E-state index is 12.8. The number of Topliss-reactive ketones (excluding diaryl/α,β-unsaturated/α-hetero) is 1. The minimum atomic E-state index is -1.34. The molecule has 2 aromatic rings. The van der Waals surface area contributed by atoms with Crippen molar-refractivity contribution in [3.05, 3.63) is 58.5 Å². The molecule has 130 valence electrons. The second kappa shape index (κ2) is 5.62. The van der Waals surface area contributed by atoms with Crippen LogP contribution in [0.25, 0.3) is 0 Å². The molecule has 2 aliphatic rings. The largest absolute Gasteiger partial charge is 0.461 e. The van der Waals surface area contributed by atoms with Crippen molar-refractivity contribution in [2.45, 2.75) is 6.10 Å². The highest BCUT2D eigenvalue weighted by atomic mass is 16.7. The van der Waals surface area contributed by atoms with E-state index in [1.165, 1.54) is 42.7 Å². The number of amides is 2. The van der Waals surface area contributed by atoms with Crippen LogP contribution in [0.3, 0.4) is 0 Å². The van der Waals surface area contributed by atoms with Crippen LogP contribution in [0.4, 0.5) is 11.4 Å². The van der Waals surface area contributed by atoms with Gasteiger partial charge in [-0.1, -0.05) is 17.3 Å². The van der Waals surface area contributed by atoms with Gasteiger partial charge in [0.15, 0.2) is 5.76 Å². The number of carbonyl (C=O) groups excluding carboxylic acids is 3. The molecule has 0 aliphatic carbocycles. The third kappa shape index (κ3) is 2.12. The summed E-state index contributed by atoms with van der Waals surface area (Å²) in [6, 6.07) is 8.20. The topological polar surface area (TPSA) is 132 Å². The van der Waals surface area contributed by atoms with E-state index in [1.807, 2.05) is 0 Å². The Bertz CT molecular complexity index is 979. The van der Waals surface area contributed by atoms with Crippen LogP contribution in [0, 0.1) is 16.0 Å². The van der Waals surface area contributed by atoms with Crippen molar-refractivity contribution in [3.8, 4) is 0 Å². The summed E-state index contributed by atoms with van der Waals surface area (Å²) in [5.74, 6) is -3.66. The first-order valence-electron chi connectivity index (χ1n) is 7.44. The zero-order chi connectivity index (χ0) is 18.4. The van der Waals surface area contributed by atoms with Crippen LogP contribution in [-0.2, 0) is 14.4 Å². The molecule has 26 heavy (non-hydrogen) atoms. The molecular weight excluding hydrogens is 346 g/mol. The zero-order valence-corrected chi connectivity index (χ0v) is 12.9. The molecule has 1 aromatic carbocycles. The van der Waals surface area contributed by atoms with Crippen molar-refractivity contribution in [2.75, 3.05) is 4.90 Å². The van der Waals surface area contributed by atoms with Gasteiger partial charge in [-0.2, -0.15) is 0 Å². The summed E-state index contributed by atoms with van der Waals surface area (Å²) in [6.07, 6.45) is -0.0567. The van der Waals surface area contributed by atoms with Gasteiger partial charge >= 0.3 is 0 Å². The number of furan rings is 1. The summed E-state index contributed by atoms with van der Waals surface area (Å²) in [5.41, 5.74) is -0.871. The number of para-hydroxylation sites is 2. The maximum absolute atomic E-state index is 12.8. The molecule has 1 fully saturated rings. The number of nitro benzene ring substituents is 1. The highest BCUT2D eigenvalue weighted by Gasteiger charge is 2.58. The lowest BCUT2D eigenvalue weighted by atomic mass is 9.96. The fraction of sp³-hybridized carbons (Fsp3) is 0.125. The highest BCUT2D eigenvalue weighted by Crippen LogP contribution is 2.37. The van der Waals surface area contributed by atoms with E-state index < -0.39 is 40.2 Å². The number of oxime groups is 1. The Balaban J connectivity index is 1.72. The van der Waals surface area contributed by atoms with Crippen LogP contribution in [0.2, 0.25) is 0 Å². The smallest absolute Gasteiger partial charge is 0.293 e. The molecule has 2 aliphatic heterocycles. The Morgan fingerprint density at radius 1 is 1.15 bits per heavy atom. The fourth-order valence-corrected chi connectivity index (χ4v) is 2.95. The van der Waals surface area contributed by atoms with Gasteiger partial charge in [-0.25, -0.2) is 4.90 Å². The van der Waals surface area contributed by atoms with Gasteiger partial charge in [0.25, 0.3) is 11.6 Å². The van der Waals surface area contributed by atoms with Crippen LogP contribution in [0.5, 0.6) is 0 Å². The second-order valence-electron chi connectivity index (χ2n) is 5.54. The Kier molecular flexibility index (Phi) is 3.39. The number of benzene rings is 1. The average molecular weight is 355 g/mol. The van der Waals surface area contributed by atoms with Crippen molar-refractivity contribution in [1.82, 2.24) is 0 Å². The average Bonchev–Trinajstić information content (AvgIpc) is 3.34. The predicted molar refractivity (Wildman–Crippen MR) is 84.4 cm³/mol. The van der Waals surface area contributed by atoms with Crippen LogP contribution in [0.1, 0.15) is 10.6 Å². The Hall–Kier alpha value is -3.82. The number of ketones is 1. The first-order chi connectivity index (χ1) is 12.5. The Labute approximate surface area is 144 Å². The summed E-state index contributed by atoms with van der Waals surface area (Å²) in [7, 11) is 0. The molecule has 0 bridgehead atoms. The van der Waals surface area contributed by atoms with Crippen molar-refractivity contribution >= 4 is 34.7 Å². The number of rotatable bonds is 4. The molecule has 0 unspecified atom stereocenters. The van der Waals surface area contributed by atoms with E-state index in [9.17, 15) is 24.5 Å². The molecule has 0 saturated carbocycles. The Morgan fingerprint density at radius 2 is 1.92 bits per heavy atom. The van der Waals surface area contributed by atoms with E-state index in [0.717, 1.165) is 0 Å². The predicted octanol–water partition coefficient (Wildman–Crippen LogP) is 1.31. The van der Waals surface area contributed by atoms with Crippen LogP contribution in [-0.4, -0.2) is 34.3 Å². The normalized spacial score (nSPS) is 21.4. The minimum absolute atomic E-state index is 0.0580. The maximum Gasteiger partial charge on any atom is 0.293 e. The van der Waals surface area contributed by atoms with Gasteiger partial charge in [0.1, 0.15) is 17.3 Å². The Morgan fingerprint density at radius 3 is 2.62 bits per heavy atom. The first kappa shape index (κ1) is 15.7. The van der Waals surface area contributed by atoms with E-state index in [2.05, 4.69) is 5.16 Å². The van der Waals surface area contributed by atoms with E-state index >= 15 is 0 Å². The molecule has 2 amide bonds. The lowest BCUT2D eigenvalue weighted by molar-refractivity contribution is -0.384. The van der Waals surface area contributed by atoms with Gasteiger partial charge in [-0.05, 0) is 18.2 Å². The number of hydrogen-bond acceptors (Lipinski definition) is 8. The third-order valence-corrected chi connectivity index (χ3v) is 4.11. The van der Waals surface area contributed by atoms with E-state index in [1.54, 1.807) is 0 Å². The molecule has 10 heteroatoms. The number of imide groups is 1. The van der Waals surface area contributed by atoms with Crippen LogP contribution < -0.4 is 4.90 Å². The summed E-state index contributed by atoms with van der Waals surface area (Å²) in [6.45, 7) is 0. The molecule has 3 heterocycles. The monoisotopic (exact) mass is 355 g/mol. The van der Waals surface area contributed by atoms with Gasteiger partial charge in [0.2, 0.25) is 17.8 Å². The minimum Gasteiger partial charge on any atom is -0.461 e. The van der Waals surface area contributed by atoms with Gasteiger partial charge in [-0.3, -0.25) is 24.5 Å². The number of carbonyl (C=O) groups is 3. The molecule has 1 aromatic heterocycles. The summed E-state index contributed by atoms with van der Waals surface area (Å²) < 4.78 is 5.00. The van der Waals surface area contributed by atoms with Crippen LogP contribution >= 0.6 is 0 Å². The quantitative estimate of drug-likeness (QED) is 0.349. The lowest BCUT2D eigenvalue weighted by Crippen LogP contribution is -2.34. The van der Waals surface area contributed by atoms with Gasteiger partial charge in [-0.15, -0.1) is 0 Å². The van der Waals surface area contributed by atoms with Crippen molar-refractivity contribution < 1.29 is 28.6 Å². The molecule has 1 saturated heterocycles. The van der Waals surface area contributed by atoms with Crippen molar-refractivity contribution in [2.24, 2.45) is 11.1 Å². The molecule has 4 rings (SSSR count). The first-order valence-corrected chi connectivity index (χ1v) is 7.44. The second-order valence-corrected chi connectivity index (χ2v) is 5.54. The van der Waals surface area contributed by atoms with Crippen LogP contribution in [0.15, 0.2) is 52.2 Å². The standard InChI is InChI=1S/C16H9N3O7/c20-13(10-6-3-7-25-10)12-11-14(26-17-12)16(22)18(15(11)21)8-4-1-2-5-9(8)19(23)24/h1-7,11,14H/t11-,14+/m0/s1. The van der Waals surface area contributed by atoms with E-state index in [-0.39, 0.29) is 17.2 Å². The summed E-state index contributed by atoms with van der Waals surface area (Å²) in [5, 5.41) is 14.8. The number of hydrogen-bond donors (Lipinski definition) is 0. The number of anilines is 1. The molecule has 0 N–H and O–H groups in total. The molecular formula is C16H9N3O7. The summed E-state index contributed by atoms with van der Waals surface area (Å²) in [4.78, 5) is 54.0. The zero-order valence-electron chi connectivity index (χ0n) is 12.9. The number of nitrogens with zero attached hydrogens (tertiary/aromatic N) is 3. The molecule has 0 spiro atoms. The SMILES string of the molecule is O=C(C1=NO[C@H]2C(=O)N(c3ccccc3[N+](=O)[O-])C(=O)[C@@H]12)c1ccco1. The van der Waals surface area contributed by atoms with Crippen molar-refractivity contribution in [1.29, 1.82) is 0 Å². The highest BCUT2D eigenvalue weighted by molar-refractivity contribution is 6.52. The number of nitro groups is 1. The lowest BCUT2D eigenvalue weighted by Gasteiger charge is -2.14. The van der Waals surface area contributed by atoms with E-state index in [4.69, 9.17) is 9.25 Å². The number of fused-ring (bicyclic) bond motifs is 1. The molecule has 2 atom stereocenters. The van der Waals surface area contributed by atoms with Gasteiger partial charge in [0, 0.05) is 6.07 Å².